The van der Waals surface area contributed by atoms with Gasteiger partial charge in [-0.15, -0.1) is 0 Å². The molecule has 1 heterocycles. The van der Waals surface area contributed by atoms with Crippen LogP contribution in [0.15, 0.2) is 12.2 Å². The molecule has 0 aromatic carbocycles. The van der Waals surface area contributed by atoms with E-state index >= 15 is 0 Å². The Morgan fingerprint density at radius 1 is 1.29 bits per heavy atom. The molecule has 0 amide bonds. The van der Waals surface area contributed by atoms with Crippen molar-refractivity contribution in [3.8, 4) is 0 Å². The lowest BCUT2D eigenvalue weighted by molar-refractivity contribution is -0.169. The number of cyclic esters (lactones) is 1. The summed E-state index contributed by atoms with van der Waals surface area (Å²) < 4.78 is 22.0. The smallest absolute Gasteiger partial charge is 0.333 e. The van der Waals surface area contributed by atoms with Gasteiger partial charge in [-0.25, -0.2) is 4.79 Å². The van der Waals surface area contributed by atoms with Crippen LogP contribution >= 0.6 is 0 Å². The molecule has 0 radical (unpaired) electrons. The summed E-state index contributed by atoms with van der Waals surface area (Å²) in [5.74, 6) is -1.28. The largest absolute Gasteiger partial charge is 0.459 e. The molecular formula is C21H32O7. The topological polar surface area (TPSA) is 88.1 Å². The van der Waals surface area contributed by atoms with Gasteiger partial charge in [-0.2, -0.15) is 0 Å². The van der Waals surface area contributed by atoms with Crippen molar-refractivity contribution in [2.45, 2.75) is 84.2 Å². The van der Waals surface area contributed by atoms with Gasteiger partial charge >= 0.3 is 17.9 Å². The maximum atomic E-state index is 12.6. The highest BCUT2D eigenvalue weighted by Gasteiger charge is 2.56. The van der Waals surface area contributed by atoms with E-state index in [0.717, 1.165) is 0 Å². The van der Waals surface area contributed by atoms with Gasteiger partial charge in [0.1, 0.15) is 18.3 Å². The van der Waals surface area contributed by atoms with Gasteiger partial charge in [-0.05, 0) is 52.9 Å². The van der Waals surface area contributed by atoms with Crippen LogP contribution in [0.4, 0.5) is 0 Å². The van der Waals surface area contributed by atoms with Crippen molar-refractivity contribution in [2.24, 2.45) is 11.3 Å². The van der Waals surface area contributed by atoms with Crippen LogP contribution in [-0.4, -0.2) is 49.4 Å². The lowest BCUT2D eigenvalue weighted by atomic mass is 9.80. The molecule has 2 fully saturated rings. The summed E-state index contributed by atoms with van der Waals surface area (Å²) in [4.78, 5) is 36.5. The zero-order valence-corrected chi connectivity index (χ0v) is 17.5. The first kappa shape index (κ1) is 22.4. The predicted octanol–water partition coefficient (Wildman–Crippen LogP) is 2.95. The van der Waals surface area contributed by atoms with E-state index in [0.29, 0.717) is 37.7 Å². The van der Waals surface area contributed by atoms with Crippen molar-refractivity contribution in [1.82, 2.24) is 0 Å². The molecule has 0 aromatic heterocycles. The molecule has 1 saturated carbocycles. The first-order chi connectivity index (χ1) is 13.1. The van der Waals surface area contributed by atoms with E-state index in [-0.39, 0.29) is 24.0 Å². The molecule has 1 saturated heterocycles. The second-order valence-corrected chi connectivity index (χ2v) is 8.10. The van der Waals surface area contributed by atoms with Gasteiger partial charge in [0.05, 0.1) is 11.3 Å². The molecule has 2 rings (SSSR count). The van der Waals surface area contributed by atoms with Crippen molar-refractivity contribution in [2.75, 3.05) is 7.11 Å². The molecule has 158 valence electrons. The lowest BCUT2D eigenvalue weighted by Gasteiger charge is -2.31. The molecular weight excluding hydrogens is 364 g/mol. The van der Waals surface area contributed by atoms with E-state index in [1.54, 1.807) is 13.8 Å². The first-order valence-electron chi connectivity index (χ1n) is 9.94. The zero-order valence-electron chi connectivity index (χ0n) is 17.5. The van der Waals surface area contributed by atoms with E-state index in [9.17, 15) is 14.4 Å². The summed E-state index contributed by atoms with van der Waals surface area (Å²) in [6.07, 6.45) is 1.09. The lowest BCUT2D eigenvalue weighted by Crippen LogP contribution is -2.44. The Labute approximate surface area is 166 Å². The van der Waals surface area contributed by atoms with Gasteiger partial charge in [0, 0.05) is 12.7 Å². The average Bonchev–Trinajstić information content (AvgIpc) is 2.93. The van der Waals surface area contributed by atoms with Crippen LogP contribution in [0.1, 0.15) is 59.8 Å². The number of carbonyl (C=O) groups excluding carboxylic acids is 3. The maximum Gasteiger partial charge on any atom is 0.333 e. The van der Waals surface area contributed by atoms with E-state index in [2.05, 4.69) is 6.58 Å². The Kier molecular flexibility index (Phi) is 7.26. The first-order valence-corrected chi connectivity index (χ1v) is 9.94. The molecule has 1 aliphatic carbocycles. The van der Waals surface area contributed by atoms with Gasteiger partial charge < -0.3 is 18.9 Å². The number of methoxy groups -OCH3 is 1. The molecule has 1 aliphatic heterocycles. The minimum Gasteiger partial charge on any atom is -0.459 e. The minimum absolute atomic E-state index is 0.190. The van der Waals surface area contributed by atoms with E-state index in [1.807, 2.05) is 13.8 Å². The van der Waals surface area contributed by atoms with Crippen LogP contribution in [0.3, 0.4) is 0 Å². The third-order valence-electron chi connectivity index (χ3n) is 6.02. The van der Waals surface area contributed by atoms with Crippen molar-refractivity contribution >= 4 is 17.9 Å². The van der Waals surface area contributed by atoms with Crippen LogP contribution in [0, 0.1) is 11.3 Å². The average molecular weight is 396 g/mol. The van der Waals surface area contributed by atoms with E-state index < -0.39 is 29.7 Å². The van der Waals surface area contributed by atoms with Crippen LogP contribution in [0.25, 0.3) is 0 Å². The Morgan fingerprint density at radius 2 is 1.89 bits per heavy atom. The summed E-state index contributed by atoms with van der Waals surface area (Å²) in [6, 6.07) is 0. The number of hydrogen-bond acceptors (Lipinski definition) is 7. The quantitative estimate of drug-likeness (QED) is 0.371. The SMILES string of the molecule is C=C(C)C(=O)OC1CCC(C(=O)OC(C)C2OC(=O)C(C)(CC)C2OC)CC1. The summed E-state index contributed by atoms with van der Waals surface area (Å²) in [6.45, 7) is 10.6. The Balaban J connectivity index is 1.89. The number of rotatable bonds is 7. The highest BCUT2D eigenvalue weighted by atomic mass is 16.6. The Bertz CT molecular complexity index is 620. The fourth-order valence-electron chi connectivity index (χ4n) is 3.90. The monoisotopic (exact) mass is 396 g/mol. The molecule has 0 spiro atoms. The Morgan fingerprint density at radius 3 is 2.39 bits per heavy atom. The van der Waals surface area contributed by atoms with Gasteiger partial charge in [0.25, 0.3) is 0 Å². The second-order valence-electron chi connectivity index (χ2n) is 8.10. The van der Waals surface area contributed by atoms with Gasteiger partial charge in [-0.1, -0.05) is 13.5 Å². The summed E-state index contributed by atoms with van der Waals surface area (Å²) >= 11 is 0. The number of hydrogen-bond donors (Lipinski definition) is 0. The fraction of sp³-hybridized carbons (Fsp3) is 0.762. The van der Waals surface area contributed by atoms with Crippen LogP contribution in [0.5, 0.6) is 0 Å². The third kappa shape index (κ3) is 4.57. The molecule has 0 aromatic rings. The molecule has 4 unspecified atom stereocenters. The highest BCUT2D eigenvalue weighted by molar-refractivity contribution is 5.87. The molecule has 0 N–H and O–H groups in total. The predicted molar refractivity (Wildman–Crippen MR) is 101 cm³/mol. The highest BCUT2D eigenvalue weighted by Crippen LogP contribution is 2.40. The van der Waals surface area contributed by atoms with Crippen molar-refractivity contribution < 1.29 is 33.3 Å². The van der Waals surface area contributed by atoms with Gasteiger partial charge in [0.15, 0.2) is 6.10 Å². The Hall–Kier alpha value is -1.89. The van der Waals surface area contributed by atoms with Gasteiger partial charge in [-0.3, -0.25) is 9.59 Å². The molecule has 7 nitrogen and oxygen atoms in total. The summed E-state index contributed by atoms with van der Waals surface area (Å²) in [7, 11) is 1.54. The number of esters is 3. The van der Waals surface area contributed by atoms with Crippen molar-refractivity contribution in [3.63, 3.8) is 0 Å². The normalized spacial score (nSPS) is 33.7. The maximum absolute atomic E-state index is 12.6. The van der Waals surface area contributed by atoms with Crippen LogP contribution < -0.4 is 0 Å². The third-order valence-corrected chi connectivity index (χ3v) is 6.02. The van der Waals surface area contributed by atoms with Crippen LogP contribution in [-0.2, 0) is 33.3 Å². The summed E-state index contributed by atoms with van der Waals surface area (Å²) in [5.41, 5.74) is -0.376. The number of ether oxygens (including phenoxy) is 4. The standard InChI is InChI=1S/C21H32O7/c1-7-21(5)17(25-6)16(28-20(21)24)13(4)26-19(23)14-8-10-15(11-9-14)27-18(22)12(2)3/h13-17H,2,7-11H2,1,3-6H3. The van der Waals surface area contributed by atoms with Crippen molar-refractivity contribution in [1.29, 1.82) is 0 Å². The fourth-order valence-corrected chi connectivity index (χ4v) is 3.90. The minimum atomic E-state index is -0.745. The number of carbonyl (C=O) groups is 3. The zero-order chi connectivity index (χ0) is 21.1. The molecule has 0 bridgehead atoms. The molecule has 28 heavy (non-hydrogen) atoms. The van der Waals surface area contributed by atoms with Gasteiger partial charge in [0.2, 0.25) is 0 Å². The van der Waals surface area contributed by atoms with Crippen molar-refractivity contribution in [3.05, 3.63) is 12.2 Å². The molecule has 7 heteroatoms. The van der Waals surface area contributed by atoms with Crippen LogP contribution in [0.2, 0.25) is 0 Å². The molecule has 2 aliphatic rings. The van der Waals surface area contributed by atoms with E-state index in [1.165, 1.54) is 7.11 Å². The molecule has 4 atom stereocenters. The second kappa shape index (κ2) is 9.07. The summed E-state index contributed by atoms with van der Waals surface area (Å²) in [5, 5.41) is 0. The van der Waals surface area contributed by atoms with E-state index in [4.69, 9.17) is 18.9 Å².